The predicted octanol–water partition coefficient (Wildman–Crippen LogP) is 4.89. The average Bonchev–Trinajstić information content (AvgIpc) is 2.47. The SMILES string of the molecule is CCC1(C(C)C)CC2CCC1(C)C2(C)C. The molecule has 3 unspecified atom stereocenters. The van der Waals surface area contributed by atoms with Gasteiger partial charge in [0, 0.05) is 0 Å². The molecule has 0 aromatic heterocycles. The number of hydrogen-bond acceptors (Lipinski definition) is 0. The molecule has 0 aromatic carbocycles. The molecule has 0 heteroatoms. The molecule has 88 valence electrons. The van der Waals surface area contributed by atoms with Gasteiger partial charge in [-0.1, -0.05) is 41.5 Å². The topological polar surface area (TPSA) is 0 Å². The molecule has 0 amide bonds. The van der Waals surface area contributed by atoms with Crippen molar-refractivity contribution in [3.8, 4) is 0 Å². The molecule has 0 nitrogen and oxygen atoms in total. The van der Waals surface area contributed by atoms with Crippen LogP contribution in [0.2, 0.25) is 0 Å². The van der Waals surface area contributed by atoms with Crippen LogP contribution in [0.1, 0.15) is 67.2 Å². The van der Waals surface area contributed by atoms with Crippen LogP contribution in [0.4, 0.5) is 0 Å². The molecule has 2 bridgehead atoms. The van der Waals surface area contributed by atoms with Gasteiger partial charge in [0.2, 0.25) is 0 Å². The summed E-state index contributed by atoms with van der Waals surface area (Å²) >= 11 is 0. The Bertz CT molecular complexity index is 263. The van der Waals surface area contributed by atoms with Crippen LogP contribution >= 0.6 is 0 Å². The zero-order valence-corrected chi connectivity index (χ0v) is 11.5. The van der Waals surface area contributed by atoms with Crippen molar-refractivity contribution < 1.29 is 0 Å². The lowest BCUT2D eigenvalue weighted by molar-refractivity contribution is -0.0271. The first-order valence-electron chi connectivity index (χ1n) is 6.82. The van der Waals surface area contributed by atoms with Gasteiger partial charge in [-0.25, -0.2) is 0 Å². The van der Waals surface area contributed by atoms with Crippen molar-refractivity contribution in [1.82, 2.24) is 0 Å². The van der Waals surface area contributed by atoms with Gasteiger partial charge in [-0.15, -0.1) is 0 Å². The van der Waals surface area contributed by atoms with Gasteiger partial charge in [0.15, 0.2) is 0 Å². The zero-order chi connectivity index (χ0) is 11.5. The summed E-state index contributed by atoms with van der Waals surface area (Å²) in [6.45, 7) is 15.0. The van der Waals surface area contributed by atoms with Gasteiger partial charge in [0.05, 0.1) is 0 Å². The van der Waals surface area contributed by atoms with Gasteiger partial charge in [-0.05, 0) is 53.8 Å². The van der Waals surface area contributed by atoms with E-state index in [0.29, 0.717) is 16.2 Å². The van der Waals surface area contributed by atoms with Gasteiger partial charge in [-0.3, -0.25) is 0 Å². The first-order valence-corrected chi connectivity index (χ1v) is 6.82. The van der Waals surface area contributed by atoms with Crippen molar-refractivity contribution in [2.24, 2.45) is 28.1 Å². The van der Waals surface area contributed by atoms with Crippen LogP contribution in [0.15, 0.2) is 0 Å². The summed E-state index contributed by atoms with van der Waals surface area (Å²) in [5.41, 5.74) is 1.79. The van der Waals surface area contributed by atoms with E-state index in [1.807, 2.05) is 0 Å². The molecule has 2 aliphatic carbocycles. The molecule has 15 heavy (non-hydrogen) atoms. The highest BCUT2D eigenvalue weighted by molar-refractivity contribution is 5.16. The summed E-state index contributed by atoms with van der Waals surface area (Å²) in [6.07, 6.45) is 5.82. The Kier molecular flexibility index (Phi) is 2.31. The van der Waals surface area contributed by atoms with E-state index in [1.165, 1.54) is 25.7 Å². The van der Waals surface area contributed by atoms with E-state index in [9.17, 15) is 0 Å². The first kappa shape index (κ1) is 11.5. The Labute approximate surface area is 95.8 Å². The van der Waals surface area contributed by atoms with Gasteiger partial charge < -0.3 is 0 Å². The van der Waals surface area contributed by atoms with Crippen LogP contribution in [0.25, 0.3) is 0 Å². The summed E-state index contributed by atoms with van der Waals surface area (Å²) in [5.74, 6) is 1.84. The van der Waals surface area contributed by atoms with E-state index in [0.717, 1.165) is 11.8 Å². The van der Waals surface area contributed by atoms with Gasteiger partial charge in [-0.2, -0.15) is 0 Å². The second-order valence-electron chi connectivity index (χ2n) is 7.16. The molecule has 0 N–H and O–H groups in total. The first-order chi connectivity index (χ1) is 6.82. The van der Waals surface area contributed by atoms with Crippen molar-refractivity contribution in [2.45, 2.75) is 67.2 Å². The summed E-state index contributed by atoms with van der Waals surface area (Å²) < 4.78 is 0. The molecule has 2 saturated carbocycles. The predicted molar refractivity (Wildman–Crippen MR) is 66.8 cm³/mol. The molecule has 2 aliphatic rings. The number of rotatable bonds is 2. The lowest BCUT2D eigenvalue weighted by atomic mass is 9.53. The highest BCUT2D eigenvalue weighted by Crippen LogP contribution is 2.76. The molecule has 0 radical (unpaired) electrons. The maximum absolute atomic E-state index is 2.59. The van der Waals surface area contributed by atoms with Crippen LogP contribution in [-0.2, 0) is 0 Å². The fraction of sp³-hybridized carbons (Fsp3) is 1.00. The Morgan fingerprint density at radius 3 is 2.00 bits per heavy atom. The van der Waals surface area contributed by atoms with Crippen LogP contribution in [-0.4, -0.2) is 0 Å². The molecular formula is C15H28. The van der Waals surface area contributed by atoms with E-state index < -0.39 is 0 Å². The van der Waals surface area contributed by atoms with E-state index in [-0.39, 0.29) is 0 Å². The maximum atomic E-state index is 2.59. The Morgan fingerprint density at radius 2 is 1.80 bits per heavy atom. The fourth-order valence-corrected chi connectivity index (χ4v) is 5.32. The lowest BCUT2D eigenvalue weighted by Gasteiger charge is -2.51. The third-order valence-electron chi connectivity index (χ3n) is 6.88. The van der Waals surface area contributed by atoms with E-state index in [2.05, 4.69) is 41.5 Å². The largest absolute Gasteiger partial charge is 0.0648 e. The maximum Gasteiger partial charge on any atom is -0.0213 e. The van der Waals surface area contributed by atoms with Crippen molar-refractivity contribution in [3.05, 3.63) is 0 Å². The summed E-state index contributed by atoms with van der Waals surface area (Å²) in [6, 6.07) is 0. The smallest absolute Gasteiger partial charge is 0.0213 e. The second-order valence-corrected chi connectivity index (χ2v) is 7.16. The lowest BCUT2D eigenvalue weighted by Crippen LogP contribution is -2.44. The summed E-state index contributed by atoms with van der Waals surface area (Å²) in [4.78, 5) is 0. The van der Waals surface area contributed by atoms with Gasteiger partial charge >= 0.3 is 0 Å². The highest BCUT2D eigenvalue weighted by Gasteiger charge is 2.68. The third kappa shape index (κ3) is 1.04. The van der Waals surface area contributed by atoms with Crippen LogP contribution < -0.4 is 0 Å². The standard InChI is InChI=1S/C15H28/c1-7-15(11(2)3)10-12-8-9-14(15,6)13(12,4)5/h11-12H,7-10H2,1-6H3. The minimum absolute atomic E-state index is 0.577. The van der Waals surface area contributed by atoms with E-state index in [4.69, 9.17) is 0 Å². The van der Waals surface area contributed by atoms with Crippen molar-refractivity contribution >= 4 is 0 Å². The minimum atomic E-state index is 0.577. The van der Waals surface area contributed by atoms with Gasteiger partial charge in [0.1, 0.15) is 0 Å². The van der Waals surface area contributed by atoms with E-state index >= 15 is 0 Å². The Balaban J connectivity index is 2.48. The Morgan fingerprint density at radius 1 is 1.20 bits per heavy atom. The molecule has 0 aromatic rings. The van der Waals surface area contributed by atoms with E-state index in [1.54, 1.807) is 0 Å². The minimum Gasteiger partial charge on any atom is -0.0648 e. The van der Waals surface area contributed by atoms with Gasteiger partial charge in [0.25, 0.3) is 0 Å². The number of fused-ring (bicyclic) bond motifs is 2. The van der Waals surface area contributed by atoms with Crippen LogP contribution in [0, 0.1) is 28.1 Å². The Hall–Kier alpha value is 0. The quantitative estimate of drug-likeness (QED) is 0.606. The third-order valence-corrected chi connectivity index (χ3v) is 6.88. The molecule has 0 spiro atoms. The second kappa shape index (κ2) is 3.02. The van der Waals surface area contributed by atoms with Crippen molar-refractivity contribution in [3.63, 3.8) is 0 Å². The summed E-state index contributed by atoms with van der Waals surface area (Å²) in [5, 5.41) is 0. The van der Waals surface area contributed by atoms with Crippen molar-refractivity contribution in [2.75, 3.05) is 0 Å². The average molecular weight is 208 g/mol. The summed E-state index contributed by atoms with van der Waals surface area (Å²) in [7, 11) is 0. The fourth-order valence-electron chi connectivity index (χ4n) is 5.32. The molecule has 3 atom stereocenters. The normalized spacial score (nSPS) is 47.8. The number of hydrogen-bond donors (Lipinski definition) is 0. The molecular weight excluding hydrogens is 180 g/mol. The van der Waals surface area contributed by atoms with Crippen LogP contribution in [0.3, 0.4) is 0 Å². The molecule has 2 fully saturated rings. The highest BCUT2D eigenvalue weighted by atomic mass is 14.7. The molecule has 0 heterocycles. The zero-order valence-electron chi connectivity index (χ0n) is 11.5. The molecule has 0 saturated heterocycles. The monoisotopic (exact) mass is 208 g/mol. The van der Waals surface area contributed by atoms with Crippen LogP contribution in [0.5, 0.6) is 0 Å². The molecule has 0 aliphatic heterocycles. The van der Waals surface area contributed by atoms with Crippen molar-refractivity contribution in [1.29, 1.82) is 0 Å². The molecule has 2 rings (SSSR count).